The van der Waals surface area contributed by atoms with Gasteiger partial charge in [-0.05, 0) is 68.9 Å². The highest BCUT2D eigenvalue weighted by molar-refractivity contribution is 7.71. The van der Waals surface area contributed by atoms with E-state index in [4.69, 9.17) is 12.2 Å². The molecule has 0 unspecified atom stereocenters. The van der Waals surface area contributed by atoms with Crippen molar-refractivity contribution in [3.8, 4) is 0 Å². The first-order chi connectivity index (χ1) is 12.0. The standard InChI is InChI=1S/C19H25FN4S/c1-14(2)5-4-6-15(3)11-12-21-24-18(22-23-19(24)25)13-16-7-9-17(20)10-8-16/h5,7-10,12,15H,4,6,11,13H2,1-3H3,(H,23,25)/b21-12-/t15-/m0/s1. The summed E-state index contributed by atoms with van der Waals surface area (Å²) >= 11 is 5.25. The molecule has 0 spiro atoms. The van der Waals surface area contributed by atoms with Gasteiger partial charge >= 0.3 is 0 Å². The van der Waals surface area contributed by atoms with Crippen LogP contribution in [0.2, 0.25) is 0 Å². The van der Waals surface area contributed by atoms with E-state index in [0.29, 0.717) is 22.9 Å². The van der Waals surface area contributed by atoms with Gasteiger partial charge in [0.25, 0.3) is 0 Å². The van der Waals surface area contributed by atoms with Crippen LogP contribution >= 0.6 is 12.2 Å². The summed E-state index contributed by atoms with van der Waals surface area (Å²) in [6, 6.07) is 6.37. The van der Waals surface area contributed by atoms with Crippen molar-refractivity contribution in [1.29, 1.82) is 0 Å². The predicted molar refractivity (Wildman–Crippen MR) is 103 cm³/mol. The third-order valence-corrected chi connectivity index (χ3v) is 4.17. The van der Waals surface area contributed by atoms with E-state index >= 15 is 0 Å². The van der Waals surface area contributed by atoms with Crippen LogP contribution in [-0.4, -0.2) is 21.1 Å². The Balaban J connectivity index is 1.97. The molecule has 2 rings (SSSR count). The molecule has 4 nitrogen and oxygen atoms in total. The highest BCUT2D eigenvalue weighted by atomic mass is 32.1. The smallest absolute Gasteiger partial charge is 0.216 e. The van der Waals surface area contributed by atoms with Crippen LogP contribution in [0, 0.1) is 16.5 Å². The summed E-state index contributed by atoms with van der Waals surface area (Å²) in [5.41, 5.74) is 2.32. The van der Waals surface area contributed by atoms with E-state index in [1.54, 1.807) is 16.8 Å². The SMILES string of the molecule is CC(C)=CCC[C@H](C)C/C=N\n1c(Cc2ccc(F)cc2)n[nH]c1=S. The number of hydrogen-bond acceptors (Lipinski definition) is 3. The topological polar surface area (TPSA) is 46.0 Å². The number of hydrogen-bond donors (Lipinski definition) is 1. The van der Waals surface area contributed by atoms with Gasteiger partial charge in [0.05, 0.1) is 0 Å². The van der Waals surface area contributed by atoms with E-state index in [2.05, 4.69) is 42.1 Å². The number of allylic oxidation sites excluding steroid dienone is 2. The van der Waals surface area contributed by atoms with Crippen molar-refractivity contribution in [1.82, 2.24) is 14.9 Å². The van der Waals surface area contributed by atoms with Gasteiger partial charge in [-0.15, -0.1) is 0 Å². The zero-order chi connectivity index (χ0) is 18.2. The van der Waals surface area contributed by atoms with Crippen LogP contribution in [0.25, 0.3) is 0 Å². The molecule has 0 radical (unpaired) electrons. The molecule has 0 bridgehead atoms. The van der Waals surface area contributed by atoms with E-state index < -0.39 is 0 Å². The minimum Gasteiger partial charge on any atom is -0.250 e. The average Bonchev–Trinajstić information content (AvgIpc) is 2.90. The van der Waals surface area contributed by atoms with Gasteiger partial charge in [-0.3, -0.25) is 5.10 Å². The number of aromatic nitrogens is 3. The summed E-state index contributed by atoms with van der Waals surface area (Å²) in [4.78, 5) is 0. The summed E-state index contributed by atoms with van der Waals surface area (Å²) in [6.45, 7) is 6.46. The minimum atomic E-state index is -0.247. The second-order valence-electron chi connectivity index (χ2n) is 6.56. The van der Waals surface area contributed by atoms with Crippen LogP contribution in [0.15, 0.2) is 41.0 Å². The normalized spacial score (nSPS) is 12.5. The maximum absolute atomic E-state index is 13.0. The third-order valence-electron chi connectivity index (χ3n) is 3.91. The number of benzene rings is 1. The monoisotopic (exact) mass is 360 g/mol. The van der Waals surface area contributed by atoms with Crippen LogP contribution in [0.5, 0.6) is 0 Å². The van der Waals surface area contributed by atoms with E-state index in [0.717, 1.165) is 24.8 Å². The highest BCUT2D eigenvalue weighted by Gasteiger charge is 2.07. The number of nitrogens with zero attached hydrogens (tertiary/aromatic N) is 3. The van der Waals surface area contributed by atoms with Crippen molar-refractivity contribution >= 4 is 18.4 Å². The molecule has 1 heterocycles. The first-order valence-corrected chi connectivity index (χ1v) is 8.93. The van der Waals surface area contributed by atoms with Gasteiger partial charge in [-0.1, -0.05) is 30.7 Å². The molecule has 6 heteroatoms. The molecule has 1 atom stereocenters. The number of rotatable bonds is 8. The zero-order valence-corrected chi connectivity index (χ0v) is 15.8. The maximum atomic E-state index is 13.0. The molecule has 0 fully saturated rings. The predicted octanol–water partition coefficient (Wildman–Crippen LogP) is 5.28. The average molecular weight is 361 g/mol. The molecule has 0 aliphatic heterocycles. The van der Waals surface area contributed by atoms with Gasteiger partial charge in [0.15, 0.2) is 5.82 Å². The Hall–Kier alpha value is -2.08. The van der Waals surface area contributed by atoms with Crippen molar-refractivity contribution in [3.63, 3.8) is 0 Å². The van der Waals surface area contributed by atoms with Crippen LogP contribution < -0.4 is 0 Å². The quantitative estimate of drug-likeness (QED) is 0.396. The Morgan fingerprint density at radius 2 is 2.08 bits per heavy atom. The first kappa shape index (κ1) is 19.2. The lowest BCUT2D eigenvalue weighted by Crippen LogP contribution is -2.02. The maximum Gasteiger partial charge on any atom is 0.216 e. The Morgan fingerprint density at radius 3 is 2.76 bits per heavy atom. The third kappa shape index (κ3) is 6.38. The van der Waals surface area contributed by atoms with Gasteiger partial charge in [-0.25, -0.2) is 4.39 Å². The molecule has 1 aromatic heterocycles. The molecule has 0 saturated carbocycles. The summed E-state index contributed by atoms with van der Waals surface area (Å²) in [7, 11) is 0. The second kappa shape index (κ2) is 9.42. The zero-order valence-electron chi connectivity index (χ0n) is 15.0. The minimum absolute atomic E-state index is 0.247. The molecule has 0 aliphatic carbocycles. The second-order valence-corrected chi connectivity index (χ2v) is 6.94. The molecule has 0 saturated heterocycles. The van der Waals surface area contributed by atoms with Crippen LogP contribution in [0.1, 0.15) is 51.4 Å². The van der Waals surface area contributed by atoms with Crippen molar-refractivity contribution in [2.45, 2.75) is 46.5 Å². The van der Waals surface area contributed by atoms with Gasteiger partial charge in [-0.2, -0.15) is 14.9 Å². The fraction of sp³-hybridized carbons (Fsp3) is 0.421. The van der Waals surface area contributed by atoms with Crippen molar-refractivity contribution < 1.29 is 4.39 Å². The molecule has 2 aromatic rings. The van der Waals surface area contributed by atoms with Crippen LogP contribution in [0.4, 0.5) is 4.39 Å². The Morgan fingerprint density at radius 1 is 1.36 bits per heavy atom. The summed E-state index contributed by atoms with van der Waals surface area (Å²) < 4.78 is 15.1. The highest BCUT2D eigenvalue weighted by Crippen LogP contribution is 2.12. The number of H-pyrrole nitrogens is 1. The molecule has 1 aromatic carbocycles. The molecule has 1 N–H and O–H groups in total. The Kier molecular flexibility index (Phi) is 7.25. The van der Waals surface area contributed by atoms with Crippen LogP contribution in [0.3, 0.4) is 0 Å². The molecular formula is C19H25FN4S. The molecule has 0 amide bonds. The van der Waals surface area contributed by atoms with Crippen molar-refractivity contribution in [3.05, 3.63) is 57.9 Å². The van der Waals surface area contributed by atoms with Crippen molar-refractivity contribution in [2.75, 3.05) is 0 Å². The van der Waals surface area contributed by atoms with E-state index in [9.17, 15) is 4.39 Å². The number of nitrogens with one attached hydrogen (secondary N) is 1. The molecule has 0 aliphatic rings. The largest absolute Gasteiger partial charge is 0.250 e. The lowest BCUT2D eigenvalue weighted by Gasteiger charge is -2.06. The number of aromatic amines is 1. The number of halogens is 1. The van der Waals surface area contributed by atoms with Crippen molar-refractivity contribution in [2.24, 2.45) is 11.0 Å². The Bertz CT molecular complexity index is 783. The fourth-order valence-corrected chi connectivity index (χ4v) is 2.62. The van der Waals surface area contributed by atoms with E-state index in [1.165, 1.54) is 17.7 Å². The van der Waals surface area contributed by atoms with Gasteiger partial charge in [0, 0.05) is 12.6 Å². The lowest BCUT2D eigenvalue weighted by molar-refractivity contribution is 0.561. The fourth-order valence-electron chi connectivity index (χ4n) is 2.43. The molecular weight excluding hydrogens is 335 g/mol. The first-order valence-electron chi connectivity index (χ1n) is 8.52. The van der Waals surface area contributed by atoms with E-state index in [-0.39, 0.29) is 5.82 Å². The Labute approximate surface area is 153 Å². The molecule has 134 valence electrons. The summed E-state index contributed by atoms with van der Waals surface area (Å²) in [5, 5.41) is 11.5. The summed E-state index contributed by atoms with van der Waals surface area (Å²) in [6.07, 6.45) is 7.82. The summed E-state index contributed by atoms with van der Waals surface area (Å²) in [5.74, 6) is 1.02. The van der Waals surface area contributed by atoms with Gasteiger partial charge in [0.1, 0.15) is 5.82 Å². The molecule has 25 heavy (non-hydrogen) atoms. The van der Waals surface area contributed by atoms with Gasteiger partial charge < -0.3 is 0 Å². The van der Waals surface area contributed by atoms with Crippen LogP contribution in [-0.2, 0) is 6.42 Å². The lowest BCUT2D eigenvalue weighted by atomic mass is 10.0. The van der Waals surface area contributed by atoms with Gasteiger partial charge in [0.2, 0.25) is 4.77 Å². The van der Waals surface area contributed by atoms with E-state index in [1.807, 2.05) is 6.21 Å².